The Hall–Kier alpha value is -2.71. The predicted octanol–water partition coefficient (Wildman–Crippen LogP) is 1.97. The van der Waals surface area contributed by atoms with E-state index in [2.05, 4.69) is 5.32 Å². The summed E-state index contributed by atoms with van der Waals surface area (Å²) in [7, 11) is -3.42. The van der Waals surface area contributed by atoms with Crippen molar-refractivity contribution in [3.8, 4) is 0 Å². The molecule has 1 aliphatic rings. The zero-order valence-corrected chi connectivity index (χ0v) is 16.2. The molecule has 0 saturated carbocycles. The van der Waals surface area contributed by atoms with E-state index in [-0.39, 0.29) is 23.1 Å². The minimum absolute atomic E-state index is 0.0450. The van der Waals surface area contributed by atoms with E-state index >= 15 is 0 Å². The van der Waals surface area contributed by atoms with Gasteiger partial charge in [-0.3, -0.25) is 9.59 Å². The van der Waals surface area contributed by atoms with Gasteiger partial charge in [-0.05, 0) is 30.5 Å². The number of carbonyl (C=O) groups is 2. The van der Waals surface area contributed by atoms with Gasteiger partial charge in [0.25, 0.3) is 5.91 Å². The van der Waals surface area contributed by atoms with Crippen molar-refractivity contribution in [2.24, 2.45) is 11.7 Å². The van der Waals surface area contributed by atoms with Crippen LogP contribution in [-0.4, -0.2) is 37.6 Å². The highest BCUT2D eigenvalue weighted by Crippen LogP contribution is 2.24. The quantitative estimate of drug-likeness (QED) is 0.771. The van der Waals surface area contributed by atoms with Gasteiger partial charge in [0.2, 0.25) is 15.9 Å². The highest BCUT2D eigenvalue weighted by Gasteiger charge is 2.31. The molecule has 0 radical (unpaired) electrons. The third-order valence-corrected chi connectivity index (χ3v) is 6.71. The predicted molar refractivity (Wildman–Crippen MR) is 107 cm³/mol. The second kappa shape index (κ2) is 8.53. The Morgan fingerprint density at radius 3 is 2.25 bits per heavy atom. The second-order valence-corrected chi connectivity index (χ2v) is 8.78. The van der Waals surface area contributed by atoms with Gasteiger partial charge in [0.1, 0.15) is 0 Å². The van der Waals surface area contributed by atoms with Crippen molar-refractivity contribution >= 4 is 27.5 Å². The summed E-state index contributed by atoms with van der Waals surface area (Å²) in [4.78, 5) is 24.0. The van der Waals surface area contributed by atoms with E-state index < -0.39 is 15.9 Å². The van der Waals surface area contributed by atoms with E-state index in [1.807, 2.05) is 18.2 Å². The molecular formula is C20H23N3O4S. The Labute approximate surface area is 164 Å². The number of nitrogens with two attached hydrogens (primary N) is 1. The Morgan fingerprint density at radius 1 is 1.00 bits per heavy atom. The van der Waals surface area contributed by atoms with Gasteiger partial charge in [-0.25, -0.2) is 12.7 Å². The Kier molecular flexibility index (Phi) is 6.11. The first-order chi connectivity index (χ1) is 13.4. The first-order valence-electron chi connectivity index (χ1n) is 9.08. The van der Waals surface area contributed by atoms with Gasteiger partial charge in [-0.15, -0.1) is 0 Å². The van der Waals surface area contributed by atoms with Gasteiger partial charge < -0.3 is 11.1 Å². The molecule has 28 heavy (non-hydrogen) atoms. The van der Waals surface area contributed by atoms with Crippen LogP contribution in [0.2, 0.25) is 0 Å². The summed E-state index contributed by atoms with van der Waals surface area (Å²) in [5.74, 6) is -1.20. The molecule has 0 unspecified atom stereocenters. The molecule has 0 bridgehead atoms. The molecule has 2 aromatic carbocycles. The van der Waals surface area contributed by atoms with Crippen molar-refractivity contribution in [2.75, 3.05) is 18.4 Å². The lowest BCUT2D eigenvalue weighted by Gasteiger charge is -2.30. The number of rotatable bonds is 6. The van der Waals surface area contributed by atoms with Crippen LogP contribution >= 0.6 is 0 Å². The van der Waals surface area contributed by atoms with E-state index in [4.69, 9.17) is 5.73 Å². The summed E-state index contributed by atoms with van der Waals surface area (Å²) >= 11 is 0. The van der Waals surface area contributed by atoms with Crippen molar-refractivity contribution in [1.82, 2.24) is 4.31 Å². The fraction of sp³-hybridized carbons (Fsp3) is 0.300. The Morgan fingerprint density at radius 2 is 1.61 bits per heavy atom. The molecule has 148 valence electrons. The van der Waals surface area contributed by atoms with E-state index in [0.29, 0.717) is 31.6 Å². The van der Waals surface area contributed by atoms with Gasteiger partial charge >= 0.3 is 0 Å². The van der Waals surface area contributed by atoms with Crippen molar-refractivity contribution in [2.45, 2.75) is 18.6 Å². The summed E-state index contributed by atoms with van der Waals surface area (Å²) in [6, 6.07) is 15.6. The fourth-order valence-corrected chi connectivity index (χ4v) is 4.88. The number of benzene rings is 2. The number of nitrogens with one attached hydrogen (secondary N) is 1. The largest absolute Gasteiger partial charge is 0.366 e. The van der Waals surface area contributed by atoms with Crippen LogP contribution in [0.25, 0.3) is 0 Å². The van der Waals surface area contributed by atoms with Crippen LogP contribution in [0.15, 0.2) is 54.6 Å². The SMILES string of the molecule is NC(=O)c1ccccc1NC(=O)C1CCN(S(=O)(=O)Cc2ccccc2)CC1. The minimum Gasteiger partial charge on any atom is -0.366 e. The molecule has 3 rings (SSSR count). The molecule has 0 atom stereocenters. The number of nitrogens with zero attached hydrogens (tertiary/aromatic N) is 1. The van der Waals surface area contributed by atoms with Crippen molar-refractivity contribution in [3.63, 3.8) is 0 Å². The molecule has 0 aromatic heterocycles. The molecule has 1 heterocycles. The van der Waals surface area contributed by atoms with Crippen molar-refractivity contribution < 1.29 is 18.0 Å². The lowest BCUT2D eigenvalue weighted by atomic mass is 9.97. The lowest BCUT2D eigenvalue weighted by Crippen LogP contribution is -2.42. The number of primary amides is 1. The monoisotopic (exact) mass is 401 g/mol. The Bertz CT molecular complexity index is 952. The van der Waals surface area contributed by atoms with E-state index in [1.165, 1.54) is 4.31 Å². The van der Waals surface area contributed by atoms with Crippen molar-refractivity contribution in [1.29, 1.82) is 0 Å². The third-order valence-electron chi connectivity index (χ3n) is 4.86. The number of piperidine rings is 1. The van der Waals surface area contributed by atoms with Crippen LogP contribution in [0.3, 0.4) is 0 Å². The number of hydrogen-bond donors (Lipinski definition) is 2. The standard InChI is InChI=1S/C20H23N3O4S/c21-19(24)17-8-4-5-9-18(17)22-20(25)16-10-12-23(13-11-16)28(26,27)14-15-6-2-1-3-7-15/h1-9,16H,10-14H2,(H2,21,24)(H,22,25). The van der Waals surface area contributed by atoms with Gasteiger partial charge in [-0.2, -0.15) is 0 Å². The maximum absolute atomic E-state index is 12.6. The van der Waals surface area contributed by atoms with Crippen LogP contribution in [0.5, 0.6) is 0 Å². The average Bonchev–Trinajstić information content (AvgIpc) is 2.69. The van der Waals surface area contributed by atoms with Gasteiger partial charge in [0.05, 0.1) is 17.0 Å². The molecule has 2 amide bonds. The summed E-state index contributed by atoms with van der Waals surface area (Å²) in [5, 5.41) is 2.75. The van der Waals surface area contributed by atoms with Crippen LogP contribution in [0, 0.1) is 5.92 Å². The molecule has 1 fully saturated rings. The average molecular weight is 401 g/mol. The van der Waals surface area contributed by atoms with Gasteiger partial charge in [0.15, 0.2) is 0 Å². The van der Waals surface area contributed by atoms with E-state index in [0.717, 1.165) is 5.56 Å². The molecule has 1 saturated heterocycles. The van der Waals surface area contributed by atoms with E-state index in [9.17, 15) is 18.0 Å². The summed E-state index contributed by atoms with van der Waals surface area (Å²) in [6.07, 6.45) is 0.858. The summed E-state index contributed by atoms with van der Waals surface area (Å²) in [5.41, 5.74) is 6.70. The molecular weight excluding hydrogens is 378 g/mol. The maximum Gasteiger partial charge on any atom is 0.250 e. The lowest BCUT2D eigenvalue weighted by molar-refractivity contribution is -0.120. The molecule has 8 heteroatoms. The number of hydrogen-bond acceptors (Lipinski definition) is 4. The normalized spacial score (nSPS) is 15.9. The first-order valence-corrected chi connectivity index (χ1v) is 10.7. The molecule has 1 aliphatic heterocycles. The summed E-state index contributed by atoms with van der Waals surface area (Å²) in [6.45, 7) is 0.593. The van der Waals surface area contributed by atoms with Crippen LogP contribution in [0.1, 0.15) is 28.8 Å². The molecule has 7 nitrogen and oxygen atoms in total. The van der Waals surface area contributed by atoms with Crippen LogP contribution in [0.4, 0.5) is 5.69 Å². The highest BCUT2D eigenvalue weighted by atomic mass is 32.2. The second-order valence-electron chi connectivity index (χ2n) is 6.81. The zero-order chi connectivity index (χ0) is 20.1. The molecule has 0 spiro atoms. The number of para-hydroxylation sites is 1. The highest BCUT2D eigenvalue weighted by molar-refractivity contribution is 7.88. The maximum atomic E-state index is 12.6. The zero-order valence-electron chi connectivity index (χ0n) is 15.4. The number of sulfonamides is 1. The van der Waals surface area contributed by atoms with Gasteiger partial charge in [0, 0.05) is 19.0 Å². The van der Waals surface area contributed by atoms with E-state index in [1.54, 1.807) is 36.4 Å². The third kappa shape index (κ3) is 4.76. The topological polar surface area (TPSA) is 110 Å². The summed E-state index contributed by atoms with van der Waals surface area (Å²) < 4.78 is 26.7. The first kappa shape index (κ1) is 20.0. The molecule has 2 aromatic rings. The fourth-order valence-electron chi connectivity index (χ4n) is 3.31. The smallest absolute Gasteiger partial charge is 0.250 e. The van der Waals surface area contributed by atoms with Crippen LogP contribution < -0.4 is 11.1 Å². The van der Waals surface area contributed by atoms with Crippen molar-refractivity contribution in [3.05, 3.63) is 65.7 Å². The number of amides is 2. The molecule has 3 N–H and O–H groups in total. The minimum atomic E-state index is -3.42. The van der Waals surface area contributed by atoms with Crippen LogP contribution in [-0.2, 0) is 20.6 Å². The van der Waals surface area contributed by atoms with Gasteiger partial charge in [-0.1, -0.05) is 42.5 Å². The number of carbonyl (C=O) groups excluding carboxylic acids is 2. The molecule has 0 aliphatic carbocycles. The number of anilines is 1. The Balaban J connectivity index is 1.59.